The molecule has 22 heavy (non-hydrogen) atoms. The number of carbonyl (C=O) groups is 1. The fourth-order valence-corrected chi connectivity index (χ4v) is 4.30. The highest BCUT2D eigenvalue weighted by Gasteiger charge is 2.54. The van der Waals surface area contributed by atoms with Crippen molar-refractivity contribution in [1.82, 2.24) is 9.21 Å². The Labute approximate surface area is 130 Å². The van der Waals surface area contributed by atoms with Gasteiger partial charge in [-0.1, -0.05) is 30.3 Å². The molecule has 1 aromatic rings. The van der Waals surface area contributed by atoms with Gasteiger partial charge in [-0.25, -0.2) is 8.42 Å². The number of hydrogen-bond acceptors (Lipinski definition) is 4. The van der Waals surface area contributed by atoms with E-state index in [0.29, 0.717) is 19.6 Å². The predicted octanol–water partition coefficient (Wildman–Crippen LogP) is 0.304. The van der Waals surface area contributed by atoms with Crippen LogP contribution in [0.5, 0.6) is 0 Å². The highest BCUT2D eigenvalue weighted by atomic mass is 32.2. The number of ether oxygens (including phenoxy) is 1. The van der Waals surface area contributed by atoms with Gasteiger partial charge in [0.25, 0.3) is 5.91 Å². The SMILES string of the molecule is CO[C@@H]1C(=O)N(Cc2ccccc2)[C@@H]2CN(S(C)(=O)=O)C[C@H]12. The summed E-state index contributed by atoms with van der Waals surface area (Å²) in [6, 6.07) is 9.60. The highest BCUT2D eigenvalue weighted by Crippen LogP contribution is 2.36. The molecule has 2 aliphatic rings. The van der Waals surface area contributed by atoms with Gasteiger partial charge in [0.1, 0.15) is 6.10 Å². The van der Waals surface area contributed by atoms with E-state index in [1.807, 2.05) is 30.3 Å². The number of fused-ring (bicyclic) bond motifs is 1. The van der Waals surface area contributed by atoms with Gasteiger partial charge in [-0.15, -0.1) is 0 Å². The van der Waals surface area contributed by atoms with Crippen LogP contribution in [0.15, 0.2) is 30.3 Å². The van der Waals surface area contributed by atoms with Crippen molar-refractivity contribution in [2.45, 2.75) is 18.7 Å². The number of benzene rings is 1. The van der Waals surface area contributed by atoms with Crippen LogP contribution in [0.25, 0.3) is 0 Å². The Kier molecular flexibility index (Phi) is 3.96. The van der Waals surface area contributed by atoms with Gasteiger partial charge < -0.3 is 9.64 Å². The first kappa shape index (κ1) is 15.5. The molecule has 0 aromatic heterocycles. The van der Waals surface area contributed by atoms with E-state index in [9.17, 15) is 13.2 Å². The van der Waals surface area contributed by atoms with Crippen molar-refractivity contribution >= 4 is 15.9 Å². The average molecular weight is 324 g/mol. The van der Waals surface area contributed by atoms with Gasteiger partial charge >= 0.3 is 0 Å². The lowest BCUT2D eigenvalue weighted by atomic mass is 10.0. The molecule has 0 radical (unpaired) electrons. The molecule has 0 bridgehead atoms. The summed E-state index contributed by atoms with van der Waals surface area (Å²) in [6.07, 6.45) is 0.652. The molecule has 2 aliphatic heterocycles. The standard InChI is InChI=1S/C15H20N2O4S/c1-21-14-12-9-16(22(2,19)20)10-13(12)17(15(14)18)8-11-6-4-3-5-7-11/h3-7,12-14H,8-10H2,1-2H3/t12-,13+,14-/m0/s1. The smallest absolute Gasteiger partial charge is 0.252 e. The van der Waals surface area contributed by atoms with Crippen molar-refractivity contribution in [3.8, 4) is 0 Å². The fourth-order valence-electron chi connectivity index (χ4n) is 3.43. The monoisotopic (exact) mass is 324 g/mol. The topological polar surface area (TPSA) is 66.9 Å². The lowest BCUT2D eigenvalue weighted by Gasteiger charge is -2.24. The van der Waals surface area contributed by atoms with Gasteiger partial charge in [-0.3, -0.25) is 4.79 Å². The van der Waals surface area contributed by atoms with Crippen LogP contribution in [0.1, 0.15) is 5.56 Å². The van der Waals surface area contributed by atoms with Crippen LogP contribution in [0, 0.1) is 5.92 Å². The van der Waals surface area contributed by atoms with Gasteiger partial charge in [0.2, 0.25) is 10.0 Å². The second-order valence-electron chi connectivity index (χ2n) is 5.92. The van der Waals surface area contributed by atoms with Crippen LogP contribution in [-0.4, -0.2) is 62.1 Å². The summed E-state index contributed by atoms with van der Waals surface area (Å²) >= 11 is 0. The molecule has 1 aromatic carbocycles. The van der Waals surface area contributed by atoms with Gasteiger partial charge in [0.05, 0.1) is 12.3 Å². The lowest BCUT2D eigenvalue weighted by Crippen LogP contribution is -2.40. The molecule has 0 N–H and O–H groups in total. The minimum atomic E-state index is -3.25. The summed E-state index contributed by atoms with van der Waals surface area (Å²) in [6.45, 7) is 1.18. The Balaban J connectivity index is 1.85. The first-order valence-corrected chi connectivity index (χ1v) is 9.09. The maximum atomic E-state index is 12.5. The molecule has 0 spiro atoms. The third-order valence-electron chi connectivity index (χ3n) is 4.53. The van der Waals surface area contributed by atoms with E-state index in [-0.39, 0.29) is 17.9 Å². The van der Waals surface area contributed by atoms with E-state index in [4.69, 9.17) is 4.74 Å². The van der Waals surface area contributed by atoms with Crippen LogP contribution >= 0.6 is 0 Å². The second-order valence-corrected chi connectivity index (χ2v) is 7.90. The van der Waals surface area contributed by atoms with Gasteiger partial charge in [0, 0.05) is 32.7 Å². The molecule has 2 heterocycles. The van der Waals surface area contributed by atoms with Gasteiger partial charge in [-0.05, 0) is 5.56 Å². The Hall–Kier alpha value is -1.44. The minimum Gasteiger partial charge on any atom is -0.371 e. The summed E-state index contributed by atoms with van der Waals surface area (Å²) < 4.78 is 30.4. The Morgan fingerprint density at radius 1 is 1.23 bits per heavy atom. The molecule has 6 nitrogen and oxygen atoms in total. The number of methoxy groups -OCH3 is 1. The van der Waals surface area contributed by atoms with Crippen LogP contribution in [0.3, 0.4) is 0 Å². The van der Waals surface area contributed by atoms with Crippen LogP contribution in [0.2, 0.25) is 0 Å². The number of sulfonamides is 1. The lowest BCUT2D eigenvalue weighted by molar-refractivity contribution is -0.138. The number of amides is 1. The van der Waals surface area contributed by atoms with E-state index in [1.54, 1.807) is 4.90 Å². The Bertz CT molecular complexity index is 661. The van der Waals surface area contributed by atoms with Crippen molar-refractivity contribution in [2.24, 2.45) is 5.92 Å². The average Bonchev–Trinajstić information content (AvgIpc) is 2.99. The Morgan fingerprint density at radius 2 is 1.91 bits per heavy atom. The molecule has 0 unspecified atom stereocenters. The zero-order valence-electron chi connectivity index (χ0n) is 12.7. The normalized spacial score (nSPS) is 29.1. The number of nitrogens with zero attached hydrogens (tertiary/aromatic N) is 2. The molecule has 2 saturated heterocycles. The van der Waals surface area contributed by atoms with E-state index in [0.717, 1.165) is 5.56 Å². The van der Waals surface area contributed by atoms with Crippen molar-refractivity contribution in [3.63, 3.8) is 0 Å². The molecule has 120 valence electrons. The zero-order chi connectivity index (χ0) is 15.9. The van der Waals surface area contributed by atoms with Gasteiger partial charge in [-0.2, -0.15) is 4.31 Å². The molecule has 7 heteroatoms. The molecular weight excluding hydrogens is 304 g/mol. The van der Waals surface area contributed by atoms with Gasteiger partial charge in [0.15, 0.2) is 0 Å². The molecular formula is C15H20N2O4S. The third-order valence-corrected chi connectivity index (χ3v) is 5.77. The van der Waals surface area contributed by atoms with Crippen molar-refractivity contribution in [2.75, 3.05) is 26.5 Å². The first-order chi connectivity index (χ1) is 10.4. The Morgan fingerprint density at radius 3 is 2.50 bits per heavy atom. The summed E-state index contributed by atoms with van der Waals surface area (Å²) in [5, 5.41) is 0. The van der Waals surface area contributed by atoms with Crippen LogP contribution in [-0.2, 0) is 26.1 Å². The molecule has 0 aliphatic carbocycles. The summed E-state index contributed by atoms with van der Waals surface area (Å²) in [5.41, 5.74) is 1.03. The fraction of sp³-hybridized carbons (Fsp3) is 0.533. The van der Waals surface area contributed by atoms with Crippen LogP contribution in [0.4, 0.5) is 0 Å². The first-order valence-electron chi connectivity index (χ1n) is 7.24. The maximum absolute atomic E-state index is 12.5. The third kappa shape index (κ3) is 2.64. The van der Waals surface area contributed by atoms with E-state index in [1.165, 1.54) is 17.7 Å². The largest absolute Gasteiger partial charge is 0.371 e. The molecule has 3 atom stereocenters. The number of rotatable bonds is 4. The van der Waals surface area contributed by atoms with Crippen molar-refractivity contribution in [3.05, 3.63) is 35.9 Å². The number of likely N-dealkylation sites (tertiary alicyclic amines) is 1. The number of hydrogen-bond donors (Lipinski definition) is 0. The summed E-state index contributed by atoms with van der Waals surface area (Å²) in [5.74, 6) is -0.148. The summed E-state index contributed by atoms with van der Waals surface area (Å²) in [7, 11) is -1.74. The quantitative estimate of drug-likeness (QED) is 0.799. The van der Waals surface area contributed by atoms with Crippen molar-refractivity contribution in [1.29, 1.82) is 0 Å². The van der Waals surface area contributed by atoms with E-state index in [2.05, 4.69) is 0 Å². The van der Waals surface area contributed by atoms with Crippen LogP contribution < -0.4 is 0 Å². The highest BCUT2D eigenvalue weighted by molar-refractivity contribution is 7.88. The molecule has 1 amide bonds. The maximum Gasteiger partial charge on any atom is 0.252 e. The zero-order valence-corrected chi connectivity index (χ0v) is 13.5. The minimum absolute atomic E-state index is 0.0468. The van der Waals surface area contributed by atoms with E-state index < -0.39 is 16.1 Å². The predicted molar refractivity (Wildman–Crippen MR) is 81.5 cm³/mol. The van der Waals surface area contributed by atoms with E-state index >= 15 is 0 Å². The summed E-state index contributed by atoms with van der Waals surface area (Å²) in [4.78, 5) is 14.3. The molecule has 2 fully saturated rings. The van der Waals surface area contributed by atoms with Crippen molar-refractivity contribution < 1.29 is 17.9 Å². The second kappa shape index (κ2) is 5.64. The molecule has 3 rings (SSSR count). The molecule has 0 saturated carbocycles. The number of carbonyl (C=O) groups excluding carboxylic acids is 1.